The van der Waals surface area contributed by atoms with Crippen LogP contribution in [0.4, 0.5) is 11.6 Å². The number of methoxy groups -OCH3 is 1. The highest BCUT2D eigenvalue weighted by molar-refractivity contribution is 5.47. The molecule has 0 aliphatic heterocycles. The van der Waals surface area contributed by atoms with Crippen LogP contribution in [0.2, 0.25) is 0 Å². The normalized spacial score (nSPS) is 22.6. The third-order valence-electron chi connectivity index (χ3n) is 3.96. The van der Waals surface area contributed by atoms with E-state index in [4.69, 9.17) is 10.6 Å². The molecule has 2 atom stereocenters. The summed E-state index contributed by atoms with van der Waals surface area (Å²) in [4.78, 5) is 8.75. The van der Waals surface area contributed by atoms with E-state index in [1.54, 1.807) is 7.11 Å². The highest BCUT2D eigenvalue weighted by atomic mass is 16.5. The van der Waals surface area contributed by atoms with Gasteiger partial charge in [-0.25, -0.2) is 15.8 Å². The van der Waals surface area contributed by atoms with E-state index < -0.39 is 0 Å². The molecule has 1 heterocycles. The summed E-state index contributed by atoms with van der Waals surface area (Å²) in [7, 11) is 1.63. The highest BCUT2D eigenvalue weighted by Gasteiger charge is 2.24. The third-order valence-corrected chi connectivity index (χ3v) is 3.96. The first-order valence-electron chi connectivity index (χ1n) is 7.36. The molecule has 0 saturated heterocycles. The molecular formula is C14H25N5O. The molecule has 4 N–H and O–H groups in total. The van der Waals surface area contributed by atoms with Crippen molar-refractivity contribution in [1.82, 2.24) is 9.97 Å². The zero-order valence-electron chi connectivity index (χ0n) is 12.4. The van der Waals surface area contributed by atoms with Gasteiger partial charge in [0.2, 0.25) is 0 Å². The van der Waals surface area contributed by atoms with Crippen molar-refractivity contribution in [2.75, 3.05) is 17.9 Å². The molecule has 1 saturated carbocycles. The van der Waals surface area contributed by atoms with Gasteiger partial charge in [0.05, 0.1) is 0 Å². The topological polar surface area (TPSA) is 85.1 Å². The molecule has 0 aromatic carbocycles. The van der Waals surface area contributed by atoms with Crippen molar-refractivity contribution in [1.29, 1.82) is 0 Å². The van der Waals surface area contributed by atoms with Crippen molar-refractivity contribution >= 4 is 11.6 Å². The lowest BCUT2D eigenvalue weighted by Crippen LogP contribution is -2.32. The molecule has 2 rings (SSSR count). The summed E-state index contributed by atoms with van der Waals surface area (Å²) in [6.45, 7) is 2.64. The van der Waals surface area contributed by atoms with E-state index >= 15 is 0 Å². The predicted molar refractivity (Wildman–Crippen MR) is 80.2 cm³/mol. The van der Waals surface area contributed by atoms with Gasteiger partial charge in [0.15, 0.2) is 5.82 Å². The number of nitrogens with two attached hydrogens (primary N) is 1. The van der Waals surface area contributed by atoms with E-state index in [-0.39, 0.29) is 0 Å². The van der Waals surface area contributed by atoms with Gasteiger partial charge < -0.3 is 15.5 Å². The maximum absolute atomic E-state index is 5.46. The number of rotatable bonds is 6. The monoisotopic (exact) mass is 279 g/mol. The first-order valence-corrected chi connectivity index (χ1v) is 7.36. The molecule has 1 aliphatic rings. The van der Waals surface area contributed by atoms with Gasteiger partial charge in [-0.2, -0.15) is 0 Å². The average molecular weight is 279 g/mol. The van der Waals surface area contributed by atoms with Crippen LogP contribution in [0, 0.1) is 5.92 Å². The summed E-state index contributed by atoms with van der Waals surface area (Å²) in [6, 6.07) is 2.34. The standard InChI is InChI=1S/C14H25N5O/c1-3-10-6-4-5-7-11(10)16-12-8-13(19-15)18-14(17-12)9-20-2/h8,10-11H,3-7,9,15H2,1-2H3,(H2,16,17,18,19). The zero-order valence-corrected chi connectivity index (χ0v) is 12.4. The zero-order chi connectivity index (χ0) is 14.4. The Morgan fingerprint density at radius 3 is 2.75 bits per heavy atom. The van der Waals surface area contributed by atoms with Crippen LogP contribution in [0.5, 0.6) is 0 Å². The Kier molecular flexibility index (Phi) is 5.55. The maximum atomic E-state index is 5.46. The summed E-state index contributed by atoms with van der Waals surface area (Å²) in [6.07, 6.45) is 6.33. The predicted octanol–water partition coefficient (Wildman–Crippen LogP) is 2.29. The van der Waals surface area contributed by atoms with Crippen molar-refractivity contribution in [2.24, 2.45) is 11.8 Å². The number of nitrogens with zero attached hydrogens (tertiary/aromatic N) is 2. The van der Waals surface area contributed by atoms with Crippen LogP contribution < -0.4 is 16.6 Å². The number of nitrogens with one attached hydrogen (secondary N) is 2. The van der Waals surface area contributed by atoms with Crippen LogP contribution >= 0.6 is 0 Å². The Labute approximate surface area is 120 Å². The number of nitrogen functional groups attached to an aromatic ring is 1. The van der Waals surface area contributed by atoms with Gasteiger partial charge in [0.25, 0.3) is 0 Å². The van der Waals surface area contributed by atoms with E-state index in [1.165, 1.54) is 32.1 Å². The minimum atomic E-state index is 0.381. The van der Waals surface area contributed by atoms with E-state index in [1.807, 2.05) is 6.07 Å². The Hall–Kier alpha value is -1.40. The number of hydrogen-bond donors (Lipinski definition) is 3. The molecule has 1 aliphatic carbocycles. The Bertz CT molecular complexity index is 426. The molecule has 0 spiro atoms. The molecule has 20 heavy (non-hydrogen) atoms. The van der Waals surface area contributed by atoms with Crippen molar-refractivity contribution < 1.29 is 4.74 Å². The van der Waals surface area contributed by atoms with Crippen molar-refractivity contribution in [3.05, 3.63) is 11.9 Å². The van der Waals surface area contributed by atoms with Gasteiger partial charge in [0.1, 0.15) is 18.2 Å². The minimum Gasteiger partial charge on any atom is -0.377 e. The van der Waals surface area contributed by atoms with E-state index in [9.17, 15) is 0 Å². The van der Waals surface area contributed by atoms with Gasteiger partial charge in [-0.15, -0.1) is 0 Å². The molecule has 0 amide bonds. The van der Waals surface area contributed by atoms with Gasteiger partial charge in [-0.3, -0.25) is 0 Å². The molecule has 1 aromatic rings. The molecule has 112 valence electrons. The van der Waals surface area contributed by atoms with Gasteiger partial charge >= 0.3 is 0 Å². The van der Waals surface area contributed by atoms with Crippen molar-refractivity contribution in [3.8, 4) is 0 Å². The summed E-state index contributed by atoms with van der Waals surface area (Å²) in [5.41, 5.74) is 2.58. The quantitative estimate of drug-likeness (QED) is 0.547. The number of hydrogen-bond acceptors (Lipinski definition) is 6. The SMILES string of the molecule is CCC1CCCCC1Nc1cc(NN)nc(COC)n1. The van der Waals surface area contributed by atoms with Crippen molar-refractivity contribution in [3.63, 3.8) is 0 Å². The lowest BCUT2D eigenvalue weighted by molar-refractivity contribution is 0.178. The molecule has 2 unspecified atom stereocenters. The van der Waals surface area contributed by atoms with Crippen LogP contribution in [0.25, 0.3) is 0 Å². The Morgan fingerprint density at radius 2 is 2.05 bits per heavy atom. The average Bonchev–Trinajstić information content (AvgIpc) is 2.48. The second-order valence-electron chi connectivity index (χ2n) is 5.34. The second-order valence-corrected chi connectivity index (χ2v) is 5.34. The molecule has 6 nitrogen and oxygen atoms in total. The summed E-state index contributed by atoms with van der Waals surface area (Å²) in [5.74, 6) is 8.25. The Morgan fingerprint density at radius 1 is 1.30 bits per heavy atom. The number of hydrazine groups is 1. The maximum Gasteiger partial charge on any atom is 0.158 e. The first-order chi connectivity index (χ1) is 9.76. The van der Waals surface area contributed by atoms with Crippen LogP contribution in [-0.2, 0) is 11.3 Å². The lowest BCUT2D eigenvalue weighted by atomic mass is 9.83. The minimum absolute atomic E-state index is 0.381. The number of anilines is 2. The van der Waals surface area contributed by atoms with Crippen LogP contribution in [-0.4, -0.2) is 23.1 Å². The number of ether oxygens (including phenoxy) is 1. The third kappa shape index (κ3) is 3.80. The van der Waals surface area contributed by atoms with Crippen LogP contribution in [0.3, 0.4) is 0 Å². The van der Waals surface area contributed by atoms with Gasteiger partial charge in [-0.1, -0.05) is 26.2 Å². The summed E-state index contributed by atoms with van der Waals surface area (Å²) < 4.78 is 5.09. The largest absolute Gasteiger partial charge is 0.377 e. The molecule has 6 heteroatoms. The first kappa shape index (κ1) is 15.0. The fraction of sp³-hybridized carbons (Fsp3) is 0.714. The molecule has 0 bridgehead atoms. The van der Waals surface area contributed by atoms with Crippen LogP contribution in [0.15, 0.2) is 6.07 Å². The van der Waals surface area contributed by atoms with Gasteiger partial charge in [-0.05, 0) is 18.8 Å². The fourth-order valence-electron chi connectivity index (χ4n) is 2.91. The summed E-state index contributed by atoms with van der Waals surface area (Å²) >= 11 is 0. The molecule has 0 radical (unpaired) electrons. The van der Waals surface area contributed by atoms with E-state index in [0.29, 0.717) is 24.3 Å². The van der Waals surface area contributed by atoms with Crippen LogP contribution in [0.1, 0.15) is 44.9 Å². The molecule has 1 aromatic heterocycles. The van der Waals surface area contributed by atoms with Crippen molar-refractivity contribution in [2.45, 2.75) is 51.7 Å². The van der Waals surface area contributed by atoms with E-state index in [2.05, 4.69) is 27.6 Å². The second kappa shape index (κ2) is 7.40. The highest BCUT2D eigenvalue weighted by Crippen LogP contribution is 2.29. The lowest BCUT2D eigenvalue weighted by Gasteiger charge is -2.32. The van der Waals surface area contributed by atoms with Gasteiger partial charge in [0, 0.05) is 19.2 Å². The fourth-order valence-corrected chi connectivity index (χ4v) is 2.91. The number of aromatic nitrogens is 2. The molecular weight excluding hydrogens is 254 g/mol. The molecule has 1 fully saturated rings. The summed E-state index contributed by atoms with van der Waals surface area (Å²) in [5, 5.41) is 3.55. The Balaban J connectivity index is 2.12. The van der Waals surface area contributed by atoms with E-state index in [0.717, 1.165) is 11.7 Å². The smallest absolute Gasteiger partial charge is 0.158 e.